The van der Waals surface area contributed by atoms with Gasteiger partial charge < -0.3 is 85.3 Å². The van der Waals surface area contributed by atoms with Crippen LogP contribution in [0.25, 0.3) is 0 Å². The lowest BCUT2D eigenvalue weighted by molar-refractivity contribution is -0.178. The van der Waals surface area contributed by atoms with Crippen LogP contribution in [0.5, 0.6) is 0 Å². The first-order valence-electron chi connectivity index (χ1n) is 45.3. The molecule has 23 heteroatoms. The van der Waals surface area contributed by atoms with E-state index in [1.54, 1.807) is 7.11 Å². The molecule has 6 rings (SSSR count). The number of methoxy groups -OCH3 is 1. The number of hydrogen-bond acceptors (Lipinski definition) is 23. The predicted molar refractivity (Wildman–Crippen MR) is 451 cm³/mol. The van der Waals surface area contributed by atoms with Crippen LogP contribution >= 0.6 is 0 Å². The Bertz CT molecular complexity index is 2320. The van der Waals surface area contributed by atoms with Gasteiger partial charge in [-0.3, -0.25) is 24.0 Å². The Hall–Kier alpha value is -3.17. The van der Waals surface area contributed by atoms with Crippen molar-refractivity contribution in [3.63, 3.8) is 0 Å². The van der Waals surface area contributed by atoms with Gasteiger partial charge in [0.15, 0.2) is 37.7 Å². The number of carbonyl (C=O) groups excluding carboxylic acids is 5. The van der Waals surface area contributed by atoms with Crippen LogP contribution in [-0.2, 0) is 109 Å². The first kappa shape index (κ1) is 110. The molecule has 0 saturated carbocycles. The molecule has 23 nitrogen and oxygen atoms in total. The normalized spacial score (nSPS) is 21.7. The van der Waals surface area contributed by atoms with Gasteiger partial charge in [0.25, 0.3) is 0 Å². The molecule has 0 radical (unpaired) electrons. The van der Waals surface area contributed by atoms with Crippen molar-refractivity contribution < 1.29 is 109 Å². The van der Waals surface area contributed by atoms with E-state index in [-0.39, 0.29) is 109 Å². The Balaban J connectivity index is 0.000000691. The monoisotopic (exact) mass is 1650 g/mol. The number of rotatable bonds is 45. The molecule has 12 atom stereocenters. The summed E-state index contributed by atoms with van der Waals surface area (Å²) in [7, 11) is 1.76. The van der Waals surface area contributed by atoms with Crippen molar-refractivity contribution >= 4 is 29.8 Å². The van der Waals surface area contributed by atoms with Crippen LogP contribution < -0.4 is 0 Å². The molecule has 6 saturated heterocycles. The minimum absolute atomic E-state index is 0.00367. The minimum Gasteiger partial charge on any atom is -0.465 e. The Kier molecular flexibility index (Phi) is 64.4. The highest BCUT2D eigenvalue weighted by Crippen LogP contribution is 2.27. The maximum Gasteiger partial charge on any atom is 0.311 e. The molecule has 6 aliphatic rings. The van der Waals surface area contributed by atoms with E-state index in [4.69, 9.17) is 85.3 Å². The first-order chi connectivity index (χ1) is 54.6. The van der Waals surface area contributed by atoms with E-state index in [9.17, 15) is 24.0 Å². The molecule has 0 aromatic rings. The lowest BCUT2D eigenvalue weighted by Crippen LogP contribution is -2.30. The van der Waals surface area contributed by atoms with E-state index in [2.05, 4.69) is 90.0 Å². The predicted octanol–water partition coefficient (Wildman–Crippen LogP) is 20.0. The van der Waals surface area contributed by atoms with Crippen molar-refractivity contribution in [1.29, 1.82) is 0 Å². The number of carbonyl (C=O) groups is 5. The zero-order valence-corrected chi connectivity index (χ0v) is 77.1. The van der Waals surface area contributed by atoms with Gasteiger partial charge in [-0.05, 0) is 223 Å². The summed E-state index contributed by atoms with van der Waals surface area (Å²) < 4.78 is 100. The summed E-state index contributed by atoms with van der Waals surface area (Å²) in [6.45, 7) is 53.8. The average Bonchev–Trinajstić information content (AvgIpc) is 0.903. The Morgan fingerprint density at radius 2 is 0.635 bits per heavy atom. The molecule has 6 heterocycles. The minimum atomic E-state index is -0.449. The highest BCUT2D eigenvalue weighted by molar-refractivity contribution is 5.75. The van der Waals surface area contributed by atoms with Crippen molar-refractivity contribution in [1.82, 2.24) is 0 Å². The topological polar surface area (TPSA) is 251 Å². The molecular formula is C92H174O23. The van der Waals surface area contributed by atoms with Crippen molar-refractivity contribution in [2.24, 2.45) is 75.9 Å². The molecule has 6 fully saturated rings. The summed E-state index contributed by atoms with van der Waals surface area (Å²) in [6.07, 6.45) is 28.6. The molecular weight excluding hydrogens is 1470 g/mol. The van der Waals surface area contributed by atoms with Gasteiger partial charge in [-0.15, -0.1) is 0 Å². The summed E-state index contributed by atoms with van der Waals surface area (Å²) in [4.78, 5) is 56.9. The molecule has 12 unspecified atom stereocenters. The van der Waals surface area contributed by atoms with Crippen LogP contribution in [0.3, 0.4) is 0 Å². The van der Waals surface area contributed by atoms with Crippen molar-refractivity contribution in [3.05, 3.63) is 0 Å². The Labute approximate surface area is 700 Å². The van der Waals surface area contributed by atoms with E-state index < -0.39 is 5.41 Å². The number of hydrogen-bond donors (Lipinski definition) is 0. The van der Waals surface area contributed by atoms with Gasteiger partial charge in [-0.1, -0.05) is 118 Å². The van der Waals surface area contributed by atoms with E-state index >= 15 is 0 Å². The lowest BCUT2D eigenvalue weighted by Gasteiger charge is -2.26. The molecule has 0 aromatic heterocycles. The second-order valence-electron chi connectivity index (χ2n) is 37.1. The summed E-state index contributed by atoms with van der Waals surface area (Å²) in [6, 6.07) is 0. The van der Waals surface area contributed by atoms with Crippen LogP contribution in [0.1, 0.15) is 325 Å². The Morgan fingerprint density at radius 3 is 0.870 bits per heavy atom. The molecule has 0 spiro atoms. The highest BCUT2D eigenvalue weighted by atomic mass is 16.7. The van der Waals surface area contributed by atoms with Crippen LogP contribution in [-0.4, -0.2) is 193 Å². The van der Waals surface area contributed by atoms with Gasteiger partial charge in [0.05, 0.1) is 90.1 Å². The van der Waals surface area contributed by atoms with E-state index in [0.29, 0.717) is 121 Å². The highest BCUT2D eigenvalue weighted by Gasteiger charge is 2.29. The van der Waals surface area contributed by atoms with Crippen LogP contribution in [0.4, 0.5) is 0 Å². The molecule has 0 bridgehead atoms. The summed E-state index contributed by atoms with van der Waals surface area (Å²) in [5.41, 5.74) is -0.0894. The SMILES string of the molecule is CC(=O)OCC(COC1CCCCO1)CC(C)C.CC(C)CC(COC(=O)C(C)(C)C)COC1CCCCO1.CC(C)CC(COC(=O)C(C)C)COC1CCCCO1.CCC(=O)OCC(COC1CCCCO1)CC(C)C.CCCC(=O)OCC(COC1CCCCO1)CC(C)C.COC(CCC(C)(C)C)COC1CCCCO1. The first-order valence-corrected chi connectivity index (χ1v) is 45.3. The van der Waals surface area contributed by atoms with Gasteiger partial charge in [0, 0.05) is 96.1 Å². The fourth-order valence-corrected chi connectivity index (χ4v) is 13.4. The maximum absolute atomic E-state index is 11.9. The van der Waals surface area contributed by atoms with Crippen LogP contribution in [0.2, 0.25) is 0 Å². The largest absolute Gasteiger partial charge is 0.465 e. The molecule has 115 heavy (non-hydrogen) atoms. The van der Waals surface area contributed by atoms with Crippen LogP contribution in [0, 0.1) is 75.9 Å². The fraction of sp³-hybridized carbons (Fsp3) is 0.946. The van der Waals surface area contributed by atoms with Crippen molar-refractivity contribution in [3.8, 4) is 0 Å². The van der Waals surface area contributed by atoms with Crippen molar-refractivity contribution in [2.45, 2.75) is 369 Å². The van der Waals surface area contributed by atoms with Crippen LogP contribution in [0.15, 0.2) is 0 Å². The fourth-order valence-electron chi connectivity index (χ4n) is 13.4. The number of esters is 5. The third-order valence-electron chi connectivity index (χ3n) is 19.7. The van der Waals surface area contributed by atoms with E-state index in [1.165, 1.54) is 45.4 Å². The third-order valence-corrected chi connectivity index (χ3v) is 19.7. The molecule has 0 N–H and O–H groups in total. The summed E-state index contributed by atoms with van der Waals surface area (Å²) >= 11 is 0. The van der Waals surface area contributed by atoms with Gasteiger partial charge >= 0.3 is 29.8 Å². The zero-order chi connectivity index (χ0) is 85.8. The average molecular weight is 1650 g/mol. The van der Waals surface area contributed by atoms with E-state index in [1.807, 2.05) is 48.5 Å². The van der Waals surface area contributed by atoms with E-state index in [0.717, 1.165) is 168 Å². The van der Waals surface area contributed by atoms with Gasteiger partial charge in [0.2, 0.25) is 0 Å². The quantitative estimate of drug-likeness (QED) is 0.0406. The maximum atomic E-state index is 11.9. The lowest BCUT2D eigenvalue weighted by atomic mass is 9.89. The van der Waals surface area contributed by atoms with Gasteiger partial charge in [-0.25, -0.2) is 0 Å². The molecule has 0 aliphatic carbocycles. The second kappa shape index (κ2) is 67.4. The zero-order valence-electron chi connectivity index (χ0n) is 77.1. The van der Waals surface area contributed by atoms with Crippen molar-refractivity contribution in [2.75, 3.05) is 119 Å². The molecule has 680 valence electrons. The molecule has 0 aromatic carbocycles. The van der Waals surface area contributed by atoms with Gasteiger partial charge in [-0.2, -0.15) is 0 Å². The smallest absolute Gasteiger partial charge is 0.311 e. The molecule has 0 amide bonds. The van der Waals surface area contributed by atoms with Gasteiger partial charge in [0.1, 0.15) is 0 Å². The second-order valence-corrected chi connectivity index (χ2v) is 37.1. The molecule has 6 aliphatic heterocycles. The Morgan fingerprint density at radius 1 is 0.357 bits per heavy atom. The number of ether oxygens (including phenoxy) is 18. The standard InChI is InChI=1S/C17H32O4.2C16H30O4.C15H28O4.C14H26O4.C14H28O3/c1-13(2)10-14(12-21-16(18)17(3,4)5)11-20-15-8-6-7-9-19-15;1-12(2)9-14(11-20-16(17)13(3)4)10-19-15-7-5-6-8-18-15;1-4-7-15(17)19-11-14(10-13(2)3)12-20-16-8-5-6-9-18-16;1-4-14(16)18-10-13(9-12(2)3)11-19-15-7-5-6-8-17-15;1-11(2)8-13(9-17-12(3)15)10-18-14-6-4-5-7-16-14;1-14(2,3)9-8-12(15-4)11-17-13-7-5-6-10-16-13/h13-15H,6-12H2,1-5H3;12-15H,5-11H2,1-4H3;13-14,16H,4-12H2,1-3H3;12-13,15H,4-11H2,1-3H3;11,13-14H,4-10H2,1-3H3;12-13H,5-11H2,1-4H3. The summed E-state index contributed by atoms with van der Waals surface area (Å²) in [5, 5.41) is 0. The summed E-state index contributed by atoms with van der Waals surface area (Å²) in [5.74, 6) is 3.30. The third kappa shape index (κ3) is 64.3.